The Bertz CT molecular complexity index is 1520. The van der Waals surface area contributed by atoms with Crippen LogP contribution in [0.3, 0.4) is 0 Å². The molecule has 0 saturated carbocycles. The quantitative estimate of drug-likeness (QED) is 0.339. The number of hydrogen-bond donors (Lipinski definition) is 1. The fourth-order valence-electron chi connectivity index (χ4n) is 5.18. The number of carbonyl (C=O) groups excluding carboxylic acids is 1. The summed E-state index contributed by atoms with van der Waals surface area (Å²) < 4.78 is 12.6. The highest BCUT2D eigenvalue weighted by atomic mass is 16.5. The highest BCUT2D eigenvalue weighted by Gasteiger charge is 2.32. The van der Waals surface area contributed by atoms with Gasteiger partial charge in [0.1, 0.15) is 0 Å². The van der Waals surface area contributed by atoms with Gasteiger partial charge in [0.2, 0.25) is 23.4 Å². The molecule has 1 unspecified atom stereocenters. The Morgan fingerprint density at radius 3 is 2.73 bits per heavy atom. The molecule has 1 atom stereocenters. The zero-order valence-electron chi connectivity index (χ0n) is 23.3. The second kappa shape index (κ2) is 10.5. The SMILES string of the molecule is Cn1cc(Nc2nccc(-c3ccc4c(c3)CN(C3COC3)CCC4CC(=O)c3noc(C(C)(C)C)n3)n2)cn1. The van der Waals surface area contributed by atoms with Crippen molar-refractivity contribution in [2.75, 3.05) is 25.1 Å². The van der Waals surface area contributed by atoms with Crippen molar-refractivity contribution in [2.45, 2.75) is 57.5 Å². The summed E-state index contributed by atoms with van der Waals surface area (Å²) >= 11 is 0. The topological polar surface area (TPSA) is 124 Å². The van der Waals surface area contributed by atoms with E-state index in [9.17, 15) is 4.79 Å². The van der Waals surface area contributed by atoms with Crippen LogP contribution in [-0.4, -0.2) is 66.4 Å². The Morgan fingerprint density at radius 1 is 1.18 bits per heavy atom. The number of fused-ring (bicyclic) bond motifs is 1. The maximum Gasteiger partial charge on any atom is 0.238 e. The average molecular weight is 543 g/mol. The maximum atomic E-state index is 13.3. The molecule has 0 spiro atoms. The molecule has 2 aliphatic heterocycles. The van der Waals surface area contributed by atoms with E-state index in [-0.39, 0.29) is 22.9 Å². The summed E-state index contributed by atoms with van der Waals surface area (Å²) in [5, 5.41) is 11.4. The minimum absolute atomic E-state index is 0.0485. The van der Waals surface area contributed by atoms with Crippen LogP contribution in [-0.2, 0) is 23.7 Å². The van der Waals surface area contributed by atoms with Crippen molar-refractivity contribution >= 4 is 17.4 Å². The van der Waals surface area contributed by atoms with E-state index >= 15 is 0 Å². The molecule has 1 aromatic carbocycles. The van der Waals surface area contributed by atoms with Crippen LogP contribution in [0.1, 0.15) is 67.2 Å². The van der Waals surface area contributed by atoms with Crippen LogP contribution in [0.5, 0.6) is 0 Å². The van der Waals surface area contributed by atoms with Crippen LogP contribution in [0.4, 0.5) is 11.6 Å². The molecule has 6 rings (SSSR count). The van der Waals surface area contributed by atoms with E-state index < -0.39 is 0 Å². The molecule has 40 heavy (non-hydrogen) atoms. The normalized spacial score (nSPS) is 18.1. The smallest absolute Gasteiger partial charge is 0.238 e. The molecule has 11 heteroatoms. The lowest BCUT2D eigenvalue weighted by Crippen LogP contribution is -2.48. The van der Waals surface area contributed by atoms with Crippen molar-refractivity contribution in [1.82, 2.24) is 34.8 Å². The molecule has 208 valence electrons. The summed E-state index contributed by atoms with van der Waals surface area (Å²) in [4.78, 5) is 29.3. The molecular weight excluding hydrogens is 508 g/mol. The van der Waals surface area contributed by atoms with Gasteiger partial charge in [0.25, 0.3) is 0 Å². The lowest BCUT2D eigenvalue weighted by Gasteiger charge is -2.36. The Morgan fingerprint density at radius 2 is 2.02 bits per heavy atom. The van der Waals surface area contributed by atoms with Crippen molar-refractivity contribution in [3.05, 3.63) is 65.7 Å². The maximum absolute atomic E-state index is 13.3. The summed E-state index contributed by atoms with van der Waals surface area (Å²) in [5.74, 6) is 1.09. The first-order valence-electron chi connectivity index (χ1n) is 13.6. The van der Waals surface area contributed by atoms with Crippen molar-refractivity contribution in [2.24, 2.45) is 7.05 Å². The van der Waals surface area contributed by atoms with E-state index in [4.69, 9.17) is 14.2 Å². The number of nitrogens with zero attached hydrogens (tertiary/aromatic N) is 7. The molecule has 1 N–H and O–H groups in total. The van der Waals surface area contributed by atoms with Crippen molar-refractivity contribution in [3.63, 3.8) is 0 Å². The summed E-state index contributed by atoms with van der Waals surface area (Å²) in [6, 6.07) is 8.74. The van der Waals surface area contributed by atoms with Gasteiger partial charge >= 0.3 is 0 Å². The summed E-state index contributed by atoms with van der Waals surface area (Å²) in [5.41, 5.74) is 4.71. The minimum Gasteiger partial charge on any atom is -0.378 e. The van der Waals surface area contributed by atoms with Crippen molar-refractivity contribution < 1.29 is 14.1 Å². The first kappa shape index (κ1) is 26.3. The molecule has 3 aromatic heterocycles. The van der Waals surface area contributed by atoms with Crippen LogP contribution in [0, 0.1) is 0 Å². The first-order valence-corrected chi connectivity index (χ1v) is 13.6. The molecule has 1 fully saturated rings. The molecule has 0 amide bonds. The van der Waals surface area contributed by atoms with Gasteiger partial charge in [-0.2, -0.15) is 10.1 Å². The highest BCUT2D eigenvalue weighted by Crippen LogP contribution is 2.36. The molecule has 0 bridgehead atoms. The van der Waals surface area contributed by atoms with E-state index in [1.165, 1.54) is 11.1 Å². The Hall–Kier alpha value is -3.96. The summed E-state index contributed by atoms with van der Waals surface area (Å²) in [6.45, 7) is 9.14. The molecule has 1 saturated heterocycles. The molecule has 4 aromatic rings. The number of aromatic nitrogens is 6. The number of aryl methyl sites for hydroxylation is 1. The minimum atomic E-state index is -0.309. The standard InChI is InChI=1S/C29H34N8O3/c1-29(2,3)27-34-26(35-40-27)25(38)12-18-8-10-37(22-16-39-17-22)14-20-11-19(5-6-23(18)20)24-7-9-30-28(33-24)32-21-13-31-36(4)15-21/h5-7,9,11,13,15,18,22H,8,10,12,14,16-17H2,1-4H3,(H,30,32,33). The van der Waals surface area contributed by atoms with Gasteiger partial charge in [0, 0.05) is 43.4 Å². The number of Topliss-reactive ketones (excluding diaryl/α,β-unsaturated/α-hetero) is 1. The number of carbonyl (C=O) groups is 1. The fourth-order valence-corrected chi connectivity index (χ4v) is 5.18. The largest absolute Gasteiger partial charge is 0.378 e. The van der Waals surface area contributed by atoms with Gasteiger partial charge in [-0.25, -0.2) is 9.97 Å². The fraction of sp³-hybridized carbons (Fsp3) is 0.448. The van der Waals surface area contributed by atoms with Gasteiger partial charge in [-0.1, -0.05) is 38.1 Å². The van der Waals surface area contributed by atoms with Crippen LogP contribution >= 0.6 is 0 Å². The number of hydrogen-bond acceptors (Lipinski definition) is 10. The van der Waals surface area contributed by atoms with Gasteiger partial charge in [-0.05, 0) is 42.1 Å². The monoisotopic (exact) mass is 542 g/mol. The van der Waals surface area contributed by atoms with Gasteiger partial charge in [-0.15, -0.1) is 0 Å². The second-order valence-corrected chi connectivity index (χ2v) is 11.7. The van der Waals surface area contributed by atoms with Crippen molar-refractivity contribution in [1.29, 1.82) is 0 Å². The lowest BCUT2D eigenvalue weighted by molar-refractivity contribution is -0.0677. The first-order chi connectivity index (χ1) is 19.2. The molecule has 0 radical (unpaired) electrons. The van der Waals surface area contributed by atoms with Gasteiger partial charge in [0.05, 0.1) is 36.8 Å². The molecule has 11 nitrogen and oxygen atoms in total. The zero-order valence-corrected chi connectivity index (χ0v) is 23.3. The number of nitrogens with one attached hydrogen (secondary N) is 1. The molecule has 5 heterocycles. The Labute approximate surface area is 233 Å². The third-order valence-corrected chi connectivity index (χ3v) is 7.52. The van der Waals surface area contributed by atoms with E-state index in [1.54, 1.807) is 17.1 Å². The molecule has 0 aliphatic carbocycles. The predicted octanol–water partition coefficient (Wildman–Crippen LogP) is 4.26. The number of benzene rings is 1. The van der Waals surface area contributed by atoms with Crippen LogP contribution in [0.15, 0.2) is 47.4 Å². The van der Waals surface area contributed by atoms with Crippen molar-refractivity contribution in [3.8, 4) is 11.3 Å². The second-order valence-electron chi connectivity index (χ2n) is 11.7. The summed E-state index contributed by atoms with van der Waals surface area (Å²) in [7, 11) is 1.86. The molecular formula is C29H34N8O3. The highest BCUT2D eigenvalue weighted by molar-refractivity contribution is 5.93. The number of rotatable bonds is 7. The van der Waals surface area contributed by atoms with Crippen LogP contribution in [0.25, 0.3) is 11.3 Å². The summed E-state index contributed by atoms with van der Waals surface area (Å²) in [6.07, 6.45) is 6.56. The Kier molecular flexibility index (Phi) is 6.93. The number of ketones is 1. The third kappa shape index (κ3) is 5.52. The number of anilines is 2. The van der Waals surface area contributed by atoms with E-state index in [2.05, 4.69) is 48.6 Å². The van der Waals surface area contributed by atoms with E-state index in [1.807, 2.05) is 40.1 Å². The van der Waals surface area contributed by atoms with Gasteiger partial charge < -0.3 is 14.6 Å². The third-order valence-electron chi connectivity index (χ3n) is 7.52. The average Bonchev–Trinajstić information content (AvgIpc) is 3.51. The van der Waals surface area contributed by atoms with E-state index in [0.29, 0.717) is 24.3 Å². The Balaban J connectivity index is 1.28. The predicted molar refractivity (Wildman–Crippen MR) is 148 cm³/mol. The van der Waals surface area contributed by atoms with E-state index in [0.717, 1.165) is 49.7 Å². The van der Waals surface area contributed by atoms with Gasteiger partial charge in [0.15, 0.2) is 0 Å². The number of ether oxygens (including phenoxy) is 1. The molecule has 2 aliphatic rings. The van der Waals surface area contributed by atoms with Gasteiger partial charge in [-0.3, -0.25) is 14.4 Å². The van der Waals surface area contributed by atoms with Crippen LogP contribution < -0.4 is 5.32 Å². The zero-order chi connectivity index (χ0) is 27.9. The lowest BCUT2D eigenvalue weighted by atomic mass is 9.87. The van der Waals surface area contributed by atoms with Crippen LogP contribution in [0.2, 0.25) is 0 Å².